The predicted molar refractivity (Wildman–Crippen MR) is 33.6 cm³/mol. The standard InChI is InChI=1S/C6H10IN2O/c1-9-2-4-5(3-9)8-6(10)7-4/h4-5H,2-3H2,1H3,(H,8,10)/q-1. The molecule has 2 rings (SSSR count). The van der Waals surface area contributed by atoms with Crippen LogP contribution in [0, 0.1) is 0 Å². The number of nitrogens with one attached hydrogen (secondary N) is 1. The van der Waals surface area contributed by atoms with Gasteiger partial charge in [-0.15, -0.1) is 0 Å². The van der Waals surface area contributed by atoms with Crippen LogP contribution in [0.25, 0.3) is 0 Å². The first-order chi connectivity index (χ1) is 4.75. The van der Waals surface area contributed by atoms with Gasteiger partial charge >= 0.3 is 70.2 Å². The zero-order valence-electron chi connectivity index (χ0n) is 5.80. The van der Waals surface area contributed by atoms with E-state index in [2.05, 4.69) is 17.3 Å². The molecule has 2 aliphatic heterocycles. The Hall–Kier alpha value is 0.160. The summed E-state index contributed by atoms with van der Waals surface area (Å²) in [6.07, 6.45) is 0. The van der Waals surface area contributed by atoms with Gasteiger partial charge in [-0.05, 0) is 0 Å². The Labute approximate surface area is 70.4 Å². The van der Waals surface area contributed by atoms with Gasteiger partial charge in [0, 0.05) is 0 Å². The third-order valence-corrected chi connectivity index (χ3v) is 4.91. The molecule has 2 aliphatic rings. The summed E-state index contributed by atoms with van der Waals surface area (Å²) >= 11 is -0.183. The Bertz CT molecular complexity index is 157. The summed E-state index contributed by atoms with van der Waals surface area (Å²) in [5.74, 6) is 0. The fourth-order valence-electron chi connectivity index (χ4n) is 1.50. The molecule has 2 saturated heterocycles. The molecule has 2 unspecified atom stereocenters. The number of hydrogen-bond donors (Lipinski definition) is 1. The first kappa shape index (κ1) is 6.84. The molecule has 0 radical (unpaired) electrons. The van der Waals surface area contributed by atoms with Crippen molar-refractivity contribution in [2.24, 2.45) is 0 Å². The quantitative estimate of drug-likeness (QED) is 0.210. The van der Waals surface area contributed by atoms with E-state index in [1.54, 1.807) is 0 Å². The molecule has 3 nitrogen and oxygen atoms in total. The third-order valence-electron chi connectivity index (χ3n) is 1.97. The van der Waals surface area contributed by atoms with E-state index in [-0.39, 0.29) is 21.2 Å². The van der Waals surface area contributed by atoms with Crippen LogP contribution in [0.4, 0.5) is 4.79 Å². The SMILES string of the molecule is CN1CC2NC(=O)[I-]C2C1. The number of carbonyl (C=O) groups is 1. The molecule has 0 bridgehead atoms. The van der Waals surface area contributed by atoms with Gasteiger partial charge in [-0.1, -0.05) is 0 Å². The maximum absolute atomic E-state index is 10.9. The first-order valence-corrected chi connectivity index (χ1v) is 5.70. The summed E-state index contributed by atoms with van der Waals surface area (Å²) in [6.45, 7) is 2.20. The minimum absolute atomic E-state index is 0.183. The molecule has 0 spiro atoms. The molecule has 10 heavy (non-hydrogen) atoms. The summed E-state index contributed by atoms with van der Waals surface area (Å²) in [7, 11) is 2.12. The molecule has 0 saturated carbocycles. The van der Waals surface area contributed by atoms with Gasteiger partial charge in [0.25, 0.3) is 0 Å². The van der Waals surface area contributed by atoms with Gasteiger partial charge in [-0.3, -0.25) is 0 Å². The average Bonchev–Trinajstić information content (AvgIpc) is 2.21. The molecule has 0 aromatic carbocycles. The summed E-state index contributed by atoms with van der Waals surface area (Å²) in [6, 6.07) is 0.505. The van der Waals surface area contributed by atoms with Gasteiger partial charge in [-0.2, -0.15) is 0 Å². The summed E-state index contributed by atoms with van der Waals surface area (Å²) < 4.78 is 1.05. The number of nitrogens with zero attached hydrogens (tertiary/aromatic N) is 1. The zero-order valence-corrected chi connectivity index (χ0v) is 7.96. The monoisotopic (exact) mass is 253 g/mol. The molecule has 0 aromatic rings. The van der Waals surface area contributed by atoms with E-state index in [4.69, 9.17) is 0 Å². The Morgan fingerprint density at radius 1 is 1.70 bits per heavy atom. The average molecular weight is 253 g/mol. The number of likely N-dealkylation sites (N-methyl/N-ethyl adjacent to an activating group) is 1. The molecule has 2 atom stereocenters. The van der Waals surface area contributed by atoms with Crippen LogP contribution in [0.3, 0.4) is 0 Å². The van der Waals surface area contributed by atoms with Crippen molar-refractivity contribution in [3.05, 3.63) is 0 Å². The van der Waals surface area contributed by atoms with Crippen LogP contribution in [0.1, 0.15) is 0 Å². The van der Waals surface area contributed by atoms with Crippen LogP contribution in [-0.2, 0) is 0 Å². The molecule has 0 aromatic heterocycles. The number of likely N-dealkylation sites (tertiary alicyclic amines) is 1. The van der Waals surface area contributed by atoms with Gasteiger partial charge in [0.2, 0.25) is 0 Å². The number of carbonyl (C=O) groups excluding carboxylic acids is 1. The van der Waals surface area contributed by atoms with Crippen molar-refractivity contribution in [1.29, 1.82) is 0 Å². The summed E-state index contributed by atoms with van der Waals surface area (Å²) in [5, 5.41) is 3.01. The van der Waals surface area contributed by atoms with Gasteiger partial charge in [-0.25, -0.2) is 0 Å². The fraction of sp³-hybridized carbons (Fsp3) is 0.833. The van der Waals surface area contributed by atoms with Crippen LogP contribution in [0.2, 0.25) is 0 Å². The molecule has 2 heterocycles. The van der Waals surface area contributed by atoms with Crippen LogP contribution in [0.5, 0.6) is 0 Å². The first-order valence-electron chi connectivity index (χ1n) is 3.38. The van der Waals surface area contributed by atoms with E-state index in [1.807, 2.05) is 0 Å². The second kappa shape index (κ2) is 2.34. The Morgan fingerprint density at radius 2 is 2.50 bits per heavy atom. The molecular weight excluding hydrogens is 243 g/mol. The van der Waals surface area contributed by atoms with Crippen molar-refractivity contribution < 1.29 is 26.0 Å². The zero-order chi connectivity index (χ0) is 7.14. The van der Waals surface area contributed by atoms with Gasteiger partial charge in [0.15, 0.2) is 0 Å². The number of alkyl halides is 1. The second-order valence-electron chi connectivity index (χ2n) is 2.87. The Kier molecular flexibility index (Phi) is 1.60. The normalized spacial score (nSPS) is 40.7. The minimum atomic E-state index is -0.183. The van der Waals surface area contributed by atoms with E-state index >= 15 is 0 Å². The van der Waals surface area contributed by atoms with Crippen LogP contribution in [0.15, 0.2) is 0 Å². The fourth-order valence-corrected chi connectivity index (χ4v) is 4.52. The Morgan fingerprint density at radius 3 is 3.20 bits per heavy atom. The number of halogens is 1. The van der Waals surface area contributed by atoms with Crippen LogP contribution in [-0.4, -0.2) is 38.9 Å². The van der Waals surface area contributed by atoms with Crippen molar-refractivity contribution >= 4 is 3.91 Å². The topological polar surface area (TPSA) is 32.3 Å². The number of rotatable bonds is 0. The number of hydrogen-bond acceptors (Lipinski definition) is 2. The van der Waals surface area contributed by atoms with Crippen molar-refractivity contribution in [2.45, 2.75) is 9.97 Å². The van der Waals surface area contributed by atoms with E-state index in [0.29, 0.717) is 13.9 Å². The summed E-state index contributed by atoms with van der Waals surface area (Å²) in [5.41, 5.74) is 0. The van der Waals surface area contributed by atoms with Gasteiger partial charge in [0.1, 0.15) is 0 Å². The van der Waals surface area contributed by atoms with E-state index in [9.17, 15) is 4.79 Å². The summed E-state index contributed by atoms with van der Waals surface area (Å²) in [4.78, 5) is 13.2. The van der Waals surface area contributed by atoms with E-state index < -0.39 is 0 Å². The molecule has 2 fully saturated rings. The van der Waals surface area contributed by atoms with Crippen molar-refractivity contribution in [1.82, 2.24) is 10.2 Å². The van der Waals surface area contributed by atoms with E-state index in [0.717, 1.165) is 13.1 Å². The second-order valence-corrected chi connectivity index (χ2v) is 6.07. The van der Waals surface area contributed by atoms with Crippen molar-refractivity contribution in [3.8, 4) is 0 Å². The van der Waals surface area contributed by atoms with E-state index in [1.165, 1.54) is 0 Å². The molecule has 1 amide bonds. The molecule has 1 N–H and O–H groups in total. The van der Waals surface area contributed by atoms with Crippen molar-refractivity contribution in [2.75, 3.05) is 20.1 Å². The van der Waals surface area contributed by atoms with Crippen molar-refractivity contribution in [3.63, 3.8) is 0 Å². The van der Waals surface area contributed by atoms with Gasteiger partial charge in [0.05, 0.1) is 0 Å². The van der Waals surface area contributed by atoms with Gasteiger partial charge < -0.3 is 0 Å². The number of fused-ring (bicyclic) bond motifs is 1. The number of amides is 1. The Balaban J connectivity index is 2.06. The predicted octanol–water partition coefficient (Wildman–Crippen LogP) is -3.52. The molecular formula is C6H10IN2O-. The third kappa shape index (κ3) is 1.03. The maximum atomic E-state index is 10.9. The molecule has 0 aliphatic carbocycles. The molecule has 4 heteroatoms. The van der Waals surface area contributed by atoms with Crippen LogP contribution < -0.4 is 26.5 Å². The van der Waals surface area contributed by atoms with Crippen LogP contribution >= 0.6 is 0 Å². The molecule has 58 valence electrons.